The number of halogens is 2. The van der Waals surface area contributed by atoms with Crippen LogP contribution in [0.15, 0.2) is 12.3 Å². The summed E-state index contributed by atoms with van der Waals surface area (Å²) in [5, 5.41) is 12.1. The Morgan fingerprint density at radius 1 is 1.69 bits per heavy atom. The van der Waals surface area contributed by atoms with Crippen molar-refractivity contribution in [1.29, 1.82) is 0 Å². The van der Waals surface area contributed by atoms with Crippen LogP contribution in [0.5, 0.6) is 0 Å². The summed E-state index contributed by atoms with van der Waals surface area (Å²) in [5.74, 6) is 0. The molecule has 0 atom stereocenters. The van der Waals surface area contributed by atoms with E-state index >= 15 is 0 Å². The SMILES string of the molecule is Cn1cc(/C=C/CO)c(C(F)F)n1. The van der Waals surface area contributed by atoms with Crippen LogP contribution in [0.3, 0.4) is 0 Å². The van der Waals surface area contributed by atoms with Crippen LogP contribution in [0, 0.1) is 0 Å². The molecule has 1 aromatic rings. The van der Waals surface area contributed by atoms with Crippen molar-refractivity contribution in [3.63, 3.8) is 0 Å². The van der Waals surface area contributed by atoms with Gasteiger partial charge in [-0.15, -0.1) is 0 Å². The highest BCUT2D eigenvalue weighted by Gasteiger charge is 2.14. The first-order valence-electron chi connectivity index (χ1n) is 3.74. The Labute approximate surface area is 74.3 Å². The first-order chi connectivity index (χ1) is 6.15. The quantitative estimate of drug-likeness (QED) is 0.777. The van der Waals surface area contributed by atoms with Crippen molar-refractivity contribution in [3.05, 3.63) is 23.5 Å². The van der Waals surface area contributed by atoms with Gasteiger partial charge in [-0.3, -0.25) is 4.68 Å². The van der Waals surface area contributed by atoms with Crippen molar-refractivity contribution in [3.8, 4) is 0 Å². The fourth-order valence-electron chi connectivity index (χ4n) is 1.00. The van der Waals surface area contributed by atoms with Crippen molar-refractivity contribution in [1.82, 2.24) is 9.78 Å². The molecule has 0 bridgehead atoms. The molecule has 1 aromatic heterocycles. The van der Waals surface area contributed by atoms with Crippen molar-refractivity contribution in [2.24, 2.45) is 7.05 Å². The third kappa shape index (κ3) is 2.35. The van der Waals surface area contributed by atoms with Crippen molar-refractivity contribution in [2.45, 2.75) is 6.43 Å². The molecule has 0 radical (unpaired) electrons. The predicted octanol–water partition coefficient (Wildman–Crippen LogP) is 1.36. The molecule has 1 rings (SSSR count). The lowest BCUT2D eigenvalue weighted by atomic mass is 10.2. The number of hydrogen-bond donors (Lipinski definition) is 1. The average Bonchev–Trinajstić information content (AvgIpc) is 2.43. The van der Waals surface area contributed by atoms with Crippen LogP contribution in [0.1, 0.15) is 17.7 Å². The third-order valence-electron chi connectivity index (χ3n) is 1.50. The molecule has 0 aromatic carbocycles. The summed E-state index contributed by atoms with van der Waals surface area (Å²) in [4.78, 5) is 0. The summed E-state index contributed by atoms with van der Waals surface area (Å²) in [7, 11) is 1.57. The molecule has 5 heteroatoms. The zero-order valence-corrected chi connectivity index (χ0v) is 7.11. The zero-order chi connectivity index (χ0) is 9.84. The normalized spacial score (nSPS) is 11.8. The van der Waals surface area contributed by atoms with Gasteiger partial charge in [0.25, 0.3) is 6.43 Å². The third-order valence-corrected chi connectivity index (χ3v) is 1.50. The second-order valence-electron chi connectivity index (χ2n) is 2.53. The van der Waals surface area contributed by atoms with Gasteiger partial charge in [0, 0.05) is 18.8 Å². The van der Waals surface area contributed by atoms with Gasteiger partial charge in [0.2, 0.25) is 0 Å². The van der Waals surface area contributed by atoms with Crippen LogP contribution in [-0.2, 0) is 7.05 Å². The minimum atomic E-state index is -2.58. The highest BCUT2D eigenvalue weighted by Crippen LogP contribution is 2.21. The van der Waals surface area contributed by atoms with Gasteiger partial charge in [-0.1, -0.05) is 12.2 Å². The standard InChI is InChI=1S/C8H10F2N2O/c1-12-5-6(3-2-4-13)7(11-12)8(9)10/h2-3,5,8,13H,4H2,1H3/b3-2+. The van der Waals surface area contributed by atoms with E-state index in [-0.39, 0.29) is 12.3 Å². The molecule has 1 N–H and O–H groups in total. The number of alkyl halides is 2. The summed E-state index contributed by atoms with van der Waals surface area (Å²) in [6.07, 6.45) is 1.71. The Morgan fingerprint density at radius 3 is 2.92 bits per heavy atom. The largest absolute Gasteiger partial charge is 0.392 e. The minimum absolute atomic E-state index is 0.169. The van der Waals surface area contributed by atoms with Gasteiger partial charge in [0.05, 0.1) is 6.61 Å². The molecule has 0 aliphatic carbocycles. The summed E-state index contributed by atoms with van der Waals surface area (Å²) in [6, 6.07) is 0. The van der Waals surface area contributed by atoms with Crippen molar-refractivity contribution < 1.29 is 13.9 Å². The molecule has 13 heavy (non-hydrogen) atoms. The van der Waals surface area contributed by atoms with E-state index in [2.05, 4.69) is 5.10 Å². The fourth-order valence-corrected chi connectivity index (χ4v) is 1.00. The first-order valence-corrected chi connectivity index (χ1v) is 3.74. The molecule has 0 unspecified atom stereocenters. The van der Waals surface area contributed by atoms with E-state index in [4.69, 9.17) is 5.11 Å². The molecule has 0 saturated carbocycles. The van der Waals surface area contributed by atoms with Gasteiger partial charge in [0.15, 0.2) is 0 Å². The Bertz CT molecular complexity index is 307. The number of aliphatic hydroxyl groups excluding tert-OH is 1. The minimum Gasteiger partial charge on any atom is -0.392 e. The zero-order valence-electron chi connectivity index (χ0n) is 7.11. The molecule has 0 aliphatic rings. The fraction of sp³-hybridized carbons (Fsp3) is 0.375. The molecular formula is C8H10F2N2O. The number of nitrogens with zero attached hydrogens (tertiary/aromatic N) is 2. The Morgan fingerprint density at radius 2 is 2.38 bits per heavy atom. The molecular weight excluding hydrogens is 178 g/mol. The second kappa shape index (κ2) is 4.13. The maximum absolute atomic E-state index is 12.3. The summed E-state index contributed by atoms with van der Waals surface area (Å²) in [5.41, 5.74) is 0.0822. The van der Waals surface area contributed by atoms with Gasteiger partial charge >= 0.3 is 0 Å². The molecule has 0 spiro atoms. The topological polar surface area (TPSA) is 38.0 Å². The molecule has 3 nitrogen and oxygen atoms in total. The van der Waals surface area contributed by atoms with Crippen LogP contribution in [-0.4, -0.2) is 21.5 Å². The van der Waals surface area contributed by atoms with Gasteiger partial charge in [-0.2, -0.15) is 5.10 Å². The maximum atomic E-state index is 12.3. The van der Waals surface area contributed by atoms with Gasteiger partial charge in [0.1, 0.15) is 5.69 Å². The molecule has 1 heterocycles. The van der Waals surface area contributed by atoms with Crippen LogP contribution in [0.25, 0.3) is 6.08 Å². The average molecular weight is 188 g/mol. The maximum Gasteiger partial charge on any atom is 0.282 e. The summed E-state index contributed by atoms with van der Waals surface area (Å²) < 4.78 is 25.9. The lowest BCUT2D eigenvalue weighted by molar-refractivity contribution is 0.145. The number of aryl methyl sites for hydroxylation is 1. The second-order valence-corrected chi connectivity index (χ2v) is 2.53. The number of aromatic nitrogens is 2. The van der Waals surface area contributed by atoms with E-state index in [0.717, 1.165) is 0 Å². The smallest absolute Gasteiger partial charge is 0.282 e. The van der Waals surface area contributed by atoms with E-state index in [1.54, 1.807) is 7.05 Å². The number of aliphatic hydroxyl groups is 1. The van der Waals surface area contributed by atoms with Crippen LogP contribution >= 0.6 is 0 Å². The molecule has 0 saturated heterocycles. The lowest BCUT2D eigenvalue weighted by Gasteiger charge is -1.93. The Balaban J connectivity index is 2.97. The van der Waals surface area contributed by atoms with Gasteiger partial charge in [-0.25, -0.2) is 8.78 Å². The summed E-state index contributed by atoms with van der Waals surface area (Å²) >= 11 is 0. The van der Waals surface area contributed by atoms with Crippen LogP contribution in [0.4, 0.5) is 8.78 Å². The van der Waals surface area contributed by atoms with E-state index in [9.17, 15) is 8.78 Å². The lowest BCUT2D eigenvalue weighted by Crippen LogP contribution is -1.91. The Hall–Kier alpha value is -1.23. The highest BCUT2D eigenvalue weighted by molar-refractivity contribution is 5.51. The van der Waals surface area contributed by atoms with E-state index < -0.39 is 6.43 Å². The van der Waals surface area contributed by atoms with Gasteiger partial charge in [-0.05, 0) is 0 Å². The Kier molecular flexibility index (Phi) is 3.13. The first kappa shape index (κ1) is 9.85. The monoisotopic (exact) mass is 188 g/mol. The number of hydrogen-bond acceptors (Lipinski definition) is 2. The van der Waals surface area contributed by atoms with Crippen LogP contribution < -0.4 is 0 Å². The highest BCUT2D eigenvalue weighted by atomic mass is 19.3. The molecule has 72 valence electrons. The van der Waals surface area contributed by atoms with E-state index in [0.29, 0.717) is 5.56 Å². The predicted molar refractivity (Wildman–Crippen MR) is 44.3 cm³/mol. The number of rotatable bonds is 3. The summed E-state index contributed by atoms with van der Waals surface area (Å²) in [6.45, 7) is -0.169. The van der Waals surface area contributed by atoms with Crippen molar-refractivity contribution >= 4 is 6.08 Å². The molecule has 0 fully saturated rings. The van der Waals surface area contributed by atoms with Gasteiger partial charge < -0.3 is 5.11 Å². The molecule has 0 amide bonds. The van der Waals surface area contributed by atoms with Crippen molar-refractivity contribution in [2.75, 3.05) is 6.61 Å². The molecule has 0 aliphatic heterocycles. The van der Waals surface area contributed by atoms with Crippen LogP contribution in [0.2, 0.25) is 0 Å². The van der Waals surface area contributed by atoms with E-state index in [1.807, 2.05) is 0 Å². The van der Waals surface area contributed by atoms with E-state index in [1.165, 1.54) is 23.0 Å².